The van der Waals surface area contributed by atoms with E-state index in [1.54, 1.807) is 17.2 Å². The lowest BCUT2D eigenvalue weighted by atomic mass is 10.1. The van der Waals surface area contributed by atoms with E-state index >= 15 is 0 Å². The summed E-state index contributed by atoms with van der Waals surface area (Å²) in [6, 6.07) is 1.71. The highest BCUT2D eigenvalue weighted by atomic mass is 79.9. The third-order valence-electron chi connectivity index (χ3n) is 2.77. The first-order valence-corrected chi connectivity index (χ1v) is 6.05. The number of halogens is 1. The molecule has 1 unspecified atom stereocenters. The maximum atomic E-state index is 11.8. The first-order chi connectivity index (χ1) is 8.15. The van der Waals surface area contributed by atoms with Crippen molar-refractivity contribution in [3.63, 3.8) is 0 Å². The van der Waals surface area contributed by atoms with Gasteiger partial charge in [-0.1, -0.05) is 0 Å². The second-order valence-electron chi connectivity index (χ2n) is 3.94. The molecule has 0 spiro atoms. The summed E-state index contributed by atoms with van der Waals surface area (Å²) in [5.74, 6) is 0.481. The van der Waals surface area contributed by atoms with Gasteiger partial charge in [-0.2, -0.15) is 0 Å². The van der Waals surface area contributed by atoms with Gasteiger partial charge in [-0.15, -0.1) is 0 Å². The molecule has 5 nitrogen and oxygen atoms in total. The minimum atomic E-state index is 0.00793. The molecule has 1 aliphatic rings. The molecule has 1 N–H and O–H groups in total. The first kappa shape index (κ1) is 12.3. The number of aliphatic hydroxyl groups is 1. The van der Waals surface area contributed by atoms with Crippen LogP contribution in [0, 0.1) is 5.92 Å². The molecule has 17 heavy (non-hydrogen) atoms. The molecular weight excluding hydrogens is 288 g/mol. The molecule has 6 heteroatoms. The summed E-state index contributed by atoms with van der Waals surface area (Å²) in [5, 5.41) is 9.09. The van der Waals surface area contributed by atoms with E-state index in [-0.39, 0.29) is 18.4 Å². The van der Waals surface area contributed by atoms with Crippen molar-refractivity contribution in [3.05, 3.63) is 16.7 Å². The lowest BCUT2D eigenvalue weighted by Crippen LogP contribution is -2.25. The number of nitrogens with zero attached hydrogens (tertiary/aromatic N) is 2. The molecule has 0 aliphatic carbocycles. The van der Waals surface area contributed by atoms with Crippen molar-refractivity contribution < 1.29 is 14.6 Å². The lowest BCUT2D eigenvalue weighted by Gasteiger charge is -2.18. The van der Waals surface area contributed by atoms with Crippen LogP contribution < -0.4 is 9.64 Å². The van der Waals surface area contributed by atoms with Crippen LogP contribution in [0.15, 0.2) is 16.7 Å². The number of rotatable bonds is 3. The maximum Gasteiger partial charge on any atom is 0.227 e. The van der Waals surface area contributed by atoms with E-state index in [0.717, 1.165) is 10.2 Å². The van der Waals surface area contributed by atoms with Crippen molar-refractivity contribution in [2.75, 3.05) is 25.2 Å². The van der Waals surface area contributed by atoms with Crippen molar-refractivity contribution in [2.24, 2.45) is 5.92 Å². The van der Waals surface area contributed by atoms with E-state index in [2.05, 4.69) is 20.9 Å². The number of methoxy groups -OCH3 is 1. The Kier molecular flexibility index (Phi) is 3.63. The van der Waals surface area contributed by atoms with E-state index in [1.807, 2.05) is 0 Å². The summed E-state index contributed by atoms with van der Waals surface area (Å²) < 4.78 is 5.78. The zero-order chi connectivity index (χ0) is 12.4. The number of carbonyl (C=O) groups is 1. The standard InChI is InChI=1S/C11H13BrN2O3/c1-17-10-3-9(8(12)4-13-10)14-5-7(6-15)2-11(14)16/h3-4,7,15H,2,5-6H2,1H3. The number of pyridine rings is 1. The molecule has 92 valence electrons. The molecule has 1 saturated heterocycles. The fourth-order valence-corrected chi connectivity index (χ4v) is 2.30. The van der Waals surface area contributed by atoms with Crippen LogP contribution in [0.5, 0.6) is 5.88 Å². The van der Waals surface area contributed by atoms with E-state index < -0.39 is 0 Å². The summed E-state index contributed by atoms with van der Waals surface area (Å²) in [4.78, 5) is 17.5. The quantitative estimate of drug-likeness (QED) is 0.911. The Morgan fingerprint density at radius 1 is 1.71 bits per heavy atom. The monoisotopic (exact) mass is 300 g/mol. The van der Waals surface area contributed by atoms with Gasteiger partial charge in [0.05, 0.1) is 17.3 Å². The van der Waals surface area contributed by atoms with E-state index in [1.165, 1.54) is 7.11 Å². The number of carbonyl (C=O) groups excluding carboxylic acids is 1. The van der Waals surface area contributed by atoms with Crippen LogP contribution in [-0.2, 0) is 4.79 Å². The molecule has 1 amide bonds. The number of anilines is 1. The van der Waals surface area contributed by atoms with Crippen molar-refractivity contribution in [3.8, 4) is 5.88 Å². The van der Waals surface area contributed by atoms with Crippen molar-refractivity contribution in [1.29, 1.82) is 0 Å². The third-order valence-corrected chi connectivity index (χ3v) is 3.38. The highest BCUT2D eigenvalue weighted by Gasteiger charge is 2.31. The van der Waals surface area contributed by atoms with E-state index in [9.17, 15) is 4.79 Å². The van der Waals surface area contributed by atoms with Gasteiger partial charge in [0.25, 0.3) is 0 Å². The molecule has 0 bridgehead atoms. The predicted molar refractivity (Wildman–Crippen MR) is 66.0 cm³/mol. The fourth-order valence-electron chi connectivity index (χ4n) is 1.86. The number of aliphatic hydroxyl groups excluding tert-OH is 1. The fraction of sp³-hybridized carbons (Fsp3) is 0.455. The van der Waals surface area contributed by atoms with E-state index in [4.69, 9.17) is 9.84 Å². The number of aromatic nitrogens is 1. The smallest absolute Gasteiger partial charge is 0.227 e. The minimum absolute atomic E-state index is 0.00793. The number of ether oxygens (including phenoxy) is 1. The van der Waals surface area contributed by atoms with Crippen LogP contribution in [0.2, 0.25) is 0 Å². The van der Waals surface area contributed by atoms with Crippen molar-refractivity contribution >= 4 is 27.5 Å². The van der Waals surface area contributed by atoms with Crippen LogP contribution >= 0.6 is 15.9 Å². The molecule has 2 rings (SSSR count). The summed E-state index contributed by atoms with van der Waals surface area (Å²) in [6.45, 7) is 0.559. The van der Waals surface area contributed by atoms with Gasteiger partial charge in [-0.05, 0) is 15.9 Å². The molecule has 2 heterocycles. The largest absolute Gasteiger partial charge is 0.481 e. The molecule has 1 aromatic rings. The number of hydrogen-bond acceptors (Lipinski definition) is 4. The summed E-state index contributed by atoms with van der Waals surface area (Å²) in [5.41, 5.74) is 0.734. The molecule has 1 fully saturated rings. The normalized spacial score (nSPS) is 19.8. The molecule has 1 atom stereocenters. The van der Waals surface area contributed by atoms with Crippen LogP contribution in [0.3, 0.4) is 0 Å². The highest BCUT2D eigenvalue weighted by molar-refractivity contribution is 9.10. The van der Waals surface area contributed by atoms with Gasteiger partial charge in [-0.25, -0.2) is 4.98 Å². The van der Waals surface area contributed by atoms with Crippen molar-refractivity contribution in [1.82, 2.24) is 4.98 Å². The lowest BCUT2D eigenvalue weighted by molar-refractivity contribution is -0.117. The average Bonchev–Trinajstić information content (AvgIpc) is 2.71. The van der Waals surface area contributed by atoms with Gasteiger partial charge in [-0.3, -0.25) is 4.79 Å². The Morgan fingerprint density at radius 2 is 2.47 bits per heavy atom. The van der Waals surface area contributed by atoms with Crippen LogP contribution in [0.4, 0.5) is 5.69 Å². The second kappa shape index (κ2) is 5.01. The first-order valence-electron chi connectivity index (χ1n) is 5.26. The maximum absolute atomic E-state index is 11.8. The average molecular weight is 301 g/mol. The zero-order valence-corrected chi connectivity index (χ0v) is 11.0. The molecular formula is C11H13BrN2O3. The molecule has 0 saturated carbocycles. The predicted octanol–water partition coefficient (Wildman–Crippen LogP) is 1.20. The Morgan fingerprint density at radius 3 is 3.06 bits per heavy atom. The Hall–Kier alpha value is -1.14. The van der Waals surface area contributed by atoms with Gasteiger partial charge in [0.1, 0.15) is 0 Å². The summed E-state index contributed by atoms with van der Waals surface area (Å²) in [7, 11) is 1.53. The Labute approximate surface area is 108 Å². The van der Waals surface area contributed by atoms with Crippen molar-refractivity contribution in [2.45, 2.75) is 6.42 Å². The topological polar surface area (TPSA) is 62.7 Å². The van der Waals surface area contributed by atoms with Gasteiger partial charge in [0.15, 0.2) is 0 Å². The molecule has 0 radical (unpaired) electrons. The molecule has 0 aromatic carbocycles. The summed E-state index contributed by atoms with van der Waals surface area (Å²) >= 11 is 3.36. The Balaban J connectivity index is 2.30. The minimum Gasteiger partial charge on any atom is -0.481 e. The summed E-state index contributed by atoms with van der Waals surface area (Å²) in [6.07, 6.45) is 1.99. The Bertz CT molecular complexity index is 439. The zero-order valence-electron chi connectivity index (χ0n) is 9.39. The SMILES string of the molecule is COc1cc(N2CC(CO)CC2=O)c(Br)cn1. The van der Waals surface area contributed by atoms with Gasteiger partial charge >= 0.3 is 0 Å². The van der Waals surface area contributed by atoms with Gasteiger partial charge in [0.2, 0.25) is 11.8 Å². The highest BCUT2D eigenvalue weighted by Crippen LogP contribution is 2.32. The van der Waals surface area contributed by atoms with Gasteiger partial charge in [0, 0.05) is 37.8 Å². The third kappa shape index (κ3) is 2.42. The van der Waals surface area contributed by atoms with Crippen LogP contribution in [-0.4, -0.2) is 36.3 Å². The molecule has 1 aliphatic heterocycles. The van der Waals surface area contributed by atoms with Crippen LogP contribution in [0.1, 0.15) is 6.42 Å². The van der Waals surface area contributed by atoms with Crippen LogP contribution in [0.25, 0.3) is 0 Å². The number of hydrogen-bond donors (Lipinski definition) is 1. The number of amides is 1. The van der Waals surface area contributed by atoms with Gasteiger partial charge < -0.3 is 14.7 Å². The van der Waals surface area contributed by atoms with E-state index in [0.29, 0.717) is 18.8 Å². The molecule has 1 aromatic heterocycles. The second-order valence-corrected chi connectivity index (χ2v) is 4.79.